The summed E-state index contributed by atoms with van der Waals surface area (Å²) in [7, 11) is 0. The van der Waals surface area contributed by atoms with Crippen LogP contribution >= 0.6 is 0 Å². The number of aromatic hydroxyl groups is 1. The van der Waals surface area contributed by atoms with Gasteiger partial charge in [-0.1, -0.05) is 0 Å². The number of carbonyl (C=O) groups excluding carboxylic acids is 1. The van der Waals surface area contributed by atoms with Crippen molar-refractivity contribution in [2.24, 2.45) is 0 Å². The number of hydrogen-bond acceptors (Lipinski definition) is 4. The highest BCUT2D eigenvalue weighted by Gasteiger charge is 2.23. The van der Waals surface area contributed by atoms with Crippen molar-refractivity contribution in [3.63, 3.8) is 0 Å². The van der Waals surface area contributed by atoms with Crippen molar-refractivity contribution in [2.75, 3.05) is 13.2 Å². The topological polar surface area (TPSA) is 59.4 Å². The molecule has 4 nitrogen and oxygen atoms in total. The Kier molecular flexibility index (Phi) is 3.87. The standard InChI is InChI=1S/C18H21NO3/c1-10-8-14(12(3)20)17-15(9-10)18(21)11(2)16(19-17)13-4-6-22-7-5-13/h8-9,13H,4-7H2,1-3H3,(H,19,21). The monoisotopic (exact) mass is 299 g/mol. The number of nitrogens with zero attached hydrogens (tertiary/aromatic N) is 1. The molecule has 1 aromatic heterocycles. The van der Waals surface area contributed by atoms with E-state index in [4.69, 9.17) is 9.72 Å². The van der Waals surface area contributed by atoms with E-state index in [1.165, 1.54) is 0 Å². The van der Waals surface area contributed by atoms with E-state index in [0.717, 1.165) is 42.9 Å². The Balaban J connectivity index is 2.27. The quantitative estimate of drug-likeness (QED) is 0.860. The number of ketones is 1. The zero-order valence-corrected chi connectivity index (χ0v) is 13.3. The van der Waals surface area contributed by atoms with Crippen LogP contribution in [-0.4, -0.2) is 29.1 Å². The van der Waals surface area contributed by atoms with Gasteiger partial charge in [-0.2, -0.15) is 0 Å². The molecule has 0 bridgehead atoms. The first-order chi connectivity index (χ1) is 10.5. The van der Waals surface area contributed by atoms with Crippen LogP contribution < -0.4 is 0 Å². The molecular formula is C18H21NO3. The Bertz CT molecular complexity index is 746. The molecule has 2 heterocycles. The van der Waals surface area contributed by atoms with Crippen LogP contribution in [0.3, 0.4) is 0 Å². The van der Waals surface area contributed by atoms with Gasteiger partial charge in [0.05, 0.1) is 11.2 Å². The van der Waals surface area contributed by atoms with Crippen LogP contribution in [0.25, 0.3) is 10.9 Å². The average Bonchev–Trinajstić information content (AvgIpc) is 2.51. The van der Waals surface area contributed by atoms with Gasteiger partial charge in [0.1, 0.15) is 5.75 Å². The summed E-state index contributed by atoms with van der Waals surface area (Å²) < 4.78 is 5.41. The second-order valence-electron chi connectivity index (χ2n) is 6.12. The van der Waals surface area contributed by atoms with Gasteiger partial charge in [-0.25, -0.2) is 0 Å². The third-order valence-corrected chi connectivity index (χ3v) is 4.47. The predicted octanol–water partition coefficient (Wildman–Crippen LogP) is 3.65. The van der Waals surface area contributed by atoms with Gasteiger partial charge in [0.15, 0.2) is 5.78 Å². The van der Waals surface area contributed by atoms with Crippen LogP contribution in [0.5, 0.6) is 5.75 Å². The summed E-state index contributed by atoms with van der Waals surface area (Å²) in [6.07, 6.45) is 1.81. The van der Waals surface area contributed by atoms with E-state index in [1.54, 1.807) is 6.92 Å². The third-order valence-electron chi connectivity index (χ3n) is 4.47. The summed E-state index contributed by atoms with van der Waals surface area (Å²) in [4.78, 5) is 16.7. The molecule has 0 atom stereocenters. The SMILES string of the molecule is CC(=O)c1cc(C)cc2c(O)c(C)c(C3CCOCC3)nc12. The normalized spacial score (nSPS) is 16.1. The number of ether oxygens (including phenoxy) is 1. The molecule has 4 heteroatoms. The Labute approximate surface area is 130 Å². The van der Waals surface area contributed by atoms with Crippen LogP contribution in [0, 0.1) is 13.8 Å². The van der Waals surface area contributed by atoms with Crippen molar-refractivity contribution in [1.82, 2.24) is 4.98 Å². The molecule has 0 saturated carbocycles. The van der Waals surface area contributed by atoms with Gasteiger partial charge >= 0.3 is 0 Å². The van der Waals surface area contributed by atoms with Crippen LogP contribution in [0.15, 0.2) is 12.1 Å². The van der Waals surface area contributed by atoms with Gasteiger partial charge in [-0.3, -0.25) is 9.78 Å². The molecule has 22 heavy (non-hydrogen) atoms. The number of benzene rings is 1. The second kappa shape index (κ2) is 5.69. The van der Waals surface area contributed by atoms with E-state index in [0.29, 0.717) is 16.5 Å². The highest BCUT2D eigenvalue weighted by Crippen LogP contribution is 2.37. The highest BCUT2D eigenvalue weighted by molar-refractivity contribution is 6.07. The van der Waals surface area contributed by atoms with Crippen molar-refractivity contribution >= 4 is 16.7 Å². The molecule has 0 unspecified atom stereocenters. The molecule has 0 radical (unpaired) electrons. The summed E-state index contributed by atoms with van der Waals surface area (Å²) in [5, 5.41) is 11.3. The van der Waals surface area contributed by atoms with Gasteiger partial charge in [-0.05, 0) is 51.3 Å². The zero-order chi connectivity index (χ0) is 15.9. The van der Waals surface area contributed by atoms with E-state index in [1.807, 2.05) is 26.0 Å². The number of Topliss-reactive ketones (excluding diaryl/α,β-unsaturated/α-hetero) is 1. The molecule has 1 fully saturated rings. The van der Waals surface area contributed by atoms with Crippen molar-refractivity contribution in [2.45, 2.75) is 39.5 Å². The lowest BCUT2D eigenvalue weighted by molar-refractivity contribution is 0.0843. The highest BCUT2D eigenvalue weighted by atomic mass is 16.5. The van der Waals surface area contributed by atoms with Crippen molar-refractivity contribution in [3.05, 3.63) is 34.5 Å². The maximum Gasteiger partial charge on any atom is 0.162 e. The van der Waals surface area contributed by atoms with Gasteiger partial charge in [0.2, 0.25) is 0 Å². The average molecular weight is 299 g/mol. The summed E-state index contributed by atoms with van der Waals surface area (Å²) in [5.74, 6) is 0.505. The van der Waals surface area contributed by atoms with Gasteiger partial charge in [-0.15, -0.1) is 0 Å². The minimum Gasteiger partial charge on any atom is -0.507 e. The molecular weight excluding hydrogens is 278 g/mol. The van der Waals surface area contributed by atoms with Gasteiger partial charge in [0.25, 0.3) is 0 Å². The summed E-state index contributed by atoms with van der Waals surface area (Å²) >= 11 is 0. The molecule has 0 amide bonds. The summed E-state index contributed by atoms with van der Waals surface area (Å²) in [6.45, 7) is 6.81. The molecule has 0 spiro atoms. The second-order valence-corrected chi connectivity index (χ2v) is 6.12. The largest absolute Gasteiger partial charge is 0.507 e. The lowest BCUT2D eigenvalue weighted by Gasteiger charge is -2.24. The first-order valence-electron chi connectivity index (χ1n) is 7.71. The van der Waals surface area contributed by atoms with E-state index in [-0.39, 0.29) is 17.5 Å². The molecule has 0 aliphatic carbocycles. The fraction of sp³-hybridized carbons (Fsp3) is 0.444. The van der Waals surface area contributed by atoms with E-state index < -0.39 is 0 Å². The number of rotatable bonds is 2. The number of pyridine rings is 1. The maximum atomic E-state index is 12.0. The number of aryl methyl sites for hydroxylation is 1. The smallest absolute Gasteiger partial charge is 0.162 e. The molecule has 116 valence electrons. The lowest BCUT2D eigenvalue weighted by atomic mass is 9.91. The van der Waals surface area contributed by atoms with Crippen LogP contribution in [-0.2, 0) is 4.74 Å². The summed E-state index contributed by atoms with van der Waals surface area (Å²) in [6, 6.07) is 3.74. The Hall–Kier alpha value is -1.94. The molecule has 1 saturated heterocycles. The van der Waals surface area contributed by atoms with Crippen LogP contribution in [0.1, 0.15) is 52.9 Å². The predicted molar refractivity (Wildman–Crippen MR) is 85.7 cm³/mol. The van der Waals surface area contributed by atoms with Crippen LogP contribution in [0.4, 0.5) is 0 Å². The van der Waals surface area contributed by atoms with Crippen LogP contribution in [0.2, 0.25) is 0 Å². The first kappa shape index (κ1) is 15.0. The zero-order valence-electron chi connectivity index (χ0n) is 13.3. The molecule has 1 aromatic carbocycles. The fourth-order valence-corrected chi connectivity index (χ4v) is 3.24. The van der Waals surface area contributed by atoms with E-state index in [9.17, 15) is 9.90 Å². The third kappa shape index (κ3) is 2.48. The number of aromatic nitrogens is 1. The van der Waals surface area contributed by atoms with Gasteiger partial charge < -0.3 is 9.84 Å². The number of hydrogen-bond donors (Lipinski definition) is 1. The minimum atomic E-state index is -0.0256. The molecule has 3 rings (SSSR count). The fourth-order valence-electron chi connectivity index (χ4n) is 3.24. The Morgan fingerprint density at radius 1 is 1.27 bits per heavy atom. The molecule has 1 aliphatic rings. The summed E-state index contributed by atoms with van der Waals surface area (Å²) in [5.41, 5.74) is 3.87. The van der Waals surface area contributed by atoms with Crippen molar-refractivity contribution in [3.8, 4) is 5.75 Å². The first-order valence-corrected chi connectivity index (χ1v) is 7.71. The minimum absolute atomic E-state index is 0.0256. The molecule has 1 aliphatic heterocycles. The number of fused-ring (bicyclic) bond motifs is 1. The maximum absolute atomic E-state index is 12.0. The molecule has 2 aromatic rings. The molecule has 1 N–H and O–H groups in total. The Morgan fingerprint density at radius 2 is 1.95 bits per heavy atom. The van der Waals surface area contributed by atoms with Gasteiger partial charge in [0, 0.05) is 35.6 Å². The van der Waals surface area contributed by atoms with E-state index >= 15 is 0 Å². The number of carbonyl (C=O) groups is 1. The van der Waals surface area contributed by atoms with Crippen molar-refractivity contribution < 1.29 is 14.6 Å². The van der Waals surface area contributed by atoms with E-state index in [2.05, 4.69) is 0 Å². The van der Waals surface area contributed by atoms with Crippen molar-refractivity contribution in [1.29, 1.82) is 0 Å². The lowest BCUT2D eigenvalue weighted by Crippen LogP contribution is -2.16. The Morgan fingerprint density at radius 3 is 2.59 bits per heavy atom.